The van der Waals surface area contributed by atoms with Crippen LogP contribution in [0.2, 0.25) is 0 Å². The second-order valence-corrected chi connectivity index (χ2v) is 10.3. The van der Waals surface area contributed by atoms with E-state index in [1.807, 2.05) is 69.3 Å². The monoisotopic (exact) mass is 506 g/mol. The summed E-state index contributed by atoms with van der Waals surface area (Å²) in [5, 5.41) is 2.98. The van der Waals surface area contributed by atoms with E-state index in [2.05, 4.69) is 21.2 Å². The number of carbonyl (C=O) groups excluding carboxylic acids is 2. The van der Waals surface area contributed by atoms with Gasteiger partial charge >= 0.3 is 0 Å². The largest absolute Gasteiger partial charge is 0.497 e. The highest BCUT2D eigenvalue weighted by Gasteiger charge is 2.28. The Hall–Kier alpha value is -1.99. The van der Waals surface area contributed by atoms with Crippen LogP contribution in [0.25, 0.3) is 0 Å². The molecule has 1 N–H and O–H groups in total. The topological polar surface area (TPSA) is 58.6 Å². The average molecular weight is 507 g/mol. The van der Waals surface area contributed by atoms with Crippen molar-refractivity contribution in [1.29, 1.82) is 0 Å². The lowest BCUT2D eigenvalue weighted by Crippen LogP contribution is -2.52. The van der Waals surface area contributed by atoms with Crippen molar-refractivity contribution in [2.45, 2.75) is 51.6 Å². The lowest BCUT2D eigenvalue weighted by Gasteiger charge is -2.31. The molecule has 2 rings (SSSR count). The Balaban J connectivity index is 2.07. The van der Waals surface area contributed by atoms with Gasteiger partial charge in [-0.05, 0) is 63.1 Å². The number of nitrogens with zero attached hydrogens (tertiary/aromatic N) is 1. The van der Waals surface area contributed by atoms with E-state index in [9.17, 15) is 9.59 Å². The van der Waals surface area contributed by atoms with Crippen LogP contribution in [0.3, 0.4) is 0 Å². The lowest BCUT2D eigenvalue weighted by molar-refractivity contribution is -0.139. The summed E-state index contributed by atoms with van der Waals surface area (Å²) in [7, 11) is 1.64. The molecule has 7 heteroatoms. The number of hydrogen-bond donors (Lipinski definition) is 1. The Labute approximate surface area is 198 Å². The van der Waals surface area contributed by atoms with Gasteiger partial charge in [-0.2, -0.15) is 0 Å². The van der Waals surface area contributed by atoms with Crippen LogP contribution in [-0.2, 0) is 21.9 Å². The second-order valence-electron chi connectivity index (χ2n) is 8.41. The molecular formula is C24H31BrN2O3S. The minimum Gasteiger partial charge on any atom is -0.497 e. The molecule has 2 amide bonds. The number of rotatable bonds is 9. The summed E-state index contributed by atoms with van der Waals surface area (Å²) in [4.78, 5) is 27.6. The van der Waals surface area contributed by atoms with Crippen LogP contribution < -0.4 is 10.1 Å². The van der Waals surface area contributed by atoms with Crippen molar-refractivity contribution < 1.29 is 14.3 Å². The molecule has 0 radical (unpaired) electrons. The fourth-order valence-corrected chi connectivity index (χ4v) is 4.27. The maximum atomic E-state index is 13.1. The predicted molar refractivity (Wildman–Crippen MR) is 131 cm³/mol. The number of ether oxygens (including phenoxy) is 1. The summed E-state index contributed by atoms with van der Waals surface area (Å²) in [6.45, 7) is 7.96. The first-order valence-corrected chi connectivity index (χ1v) is 12.1. The van der Waals surface area contributed by atoms with Crippen LogP contribution in [0.1, 0.15) is 38.8 Å². The molecule has 1 unspecified atom stereocenters. The van der Waals surface area contributed by atoms with Crippen LogP contribution in [-0.4, -0.2) is 41.2 Å². The van der Waals surface area contributed by atoms with Crippen molar-refractivity contribution in [3.05, 3.63) is 64.1 Å². The van der Waals surface area contributed by atoms with Gasteiger partial charge in [-0.3, -0.25) is 9.59 Å². The van der Waals surface area contributed by atoms with E-state index in [1.54, 1.807) is 18.9 Å². The van der Waals surface area contributed by atoms with Gasteiger partial charge in [-0.1, -0.05) is 40.2 Å². The Kier molecular flexibility index (Phi) is 9.44. The summed E-state index contributed by atoms with van der Waals surface area (Å²) in [5.74, 6) is 1.60. The van der Waals surface area contributed by atoms with E-state index in [-0.39, 0.29) is 17.4 Å². The summed E-state index contributed by atoms with van der Waals surface area (Å²) in [5.41, 5.74) is 1.73. The summed E-state index contributed by atoms with van der Waals surface area (Å²) in [6, 6.07) is 15.0. The van der Waals surface area contributed by atoms with Gasteiger partial charge in [-0.25, -0.2) is 0 Å². The molecular weight excluding hydrogens is 476 g/mol. The van der Waals surface area contributed by atoms with Crippen molar-refractivity contribution >= 4 is 39.5 Å². The van der Waals surface area contributed by atoms with Crippen molar-refractivity contribution in [3.8, 4) is 5.75 Å². The third-order valence-electron chi connectivity index (χ3n) is 4.56. The quantitative estimate of drug-likeness (QED) is 0.518. The van der Waals surface area contributed by atoms with Gasteiger partial charge in [0, 0.05) is 22.3 Å². The summed E-state index contributed by atoms with van der Waals surface area (Å²) < 4.78 is 6.13. The molecule has 1 atom stereocenters. The molecule has 31 heavy (non-hydrogen) atoms. The number of carbonyl (C=O) groups is 2. The third-order valence-corrected chi connectivity index (χ3v) is 6.04. The minimum absolute atomic E-state index is 0.0601. The number of methoxy groups -OCH3 is 1. The molecule has 0 saturated heterocycles. The number of amides is 2. The number of hydrogen-bond acceptors (Lipinski definition) is 4. The van der Waals surface area contributed by atoms with Crippen molar-refractivity contribution in [2.24, 2.45) is 0 Å². The van der Waals surface area contributed by atoms with Gasteiger partial charge in [0.05, 0.1) is 12.9 Å². The van der Waals surface area contributed by atoms with Crippen LogP contribution in [0.4, 0.5) is 0 Å². The highest BCUT2D eigenvalue weighted by molar-refractivity contribution is 9.10. The van der Waals surface area contributed by atoms with E-state index in [0.717, 1.165) is 21.3 Å². The second kappa shape index (κ2) is 11.6. The predicted octanol–water partition coefficient (Wildman–Crippen LogP) is 5.02. The van der Waals surface area contributed by atoms with Gasteiger partial charge in [-0.15, -0.1) is 11.8 Å². The zero-order valence-electron chi connectivity index (χ0n) is 18.8. The molecule has 0 aromatic heterocycles. The zero-order valence-corrected chi connectivity index (χ0v) is 21.2. The number of thioether (sulfide) groups is 1. The molecule has 0 aliphatic rings. The van der Waals surface area contributed by atoms with Gasteiger partial charge in [0.15, 0.2) is 0 Å². The van der Waals surface area contributed by atoms with E-state index >= 15 is 0 Å². The molecule has 0 bridgehead atoms. The van der Waals surface area contributed by atoms with Gasteiger partial charge < -0.3 is 15.0 Å². The highest BCUT2D eigenvalue weighted by Crippen LogP contribution is 2.20. The molecule has 0 heterocycles. The van der Waals surface area contributed by atoms with E-state index in [1.165, 1.54) is 11.8 Å². The van der Waals surface area contributed by atoms with Crippen molar-refractivity contribution in [2.75, 3.05) is 12.9 Å². The summed E-state index contributed by atoms with van der Waals surface area (Å²) in [6.07, 6.45) is 0. The number of nitrogens with one attached hydrogen (secondary N) is 1. The highest BCUT2D eigenvalue weighted by atomic mass is 79.9. The fraction of sp³-hybridized carbons (Fsp3) is 0.417. The zero-order chi connectivity index (χ0) is 23.0. The molecule has 2 aromatic rings. The first-order chi connectivity index (χ1) is 14.6. The standard InChI is InChI=1S/C24H31BrN2O3S/c1-17(23(29)26-24(2,3)4)27(14-19-7-6-8-20(25)13-19)22(28)16-31-15-18-9-11-21(30-5)12-10-18/h6-13,17H,14-16H2,1-5H3,(H,26,29). The minimum atomic E-state index is -0.577. The van der Waals surface area contributed by atoms with E-state index in [4.69, 9.17) is 4.74 Å². The molecule has 0 aliphatic heterocycles. The van der Waals surface area contributed by atoms with E-state index < -0.39 is 6.04 Å². The van der Waals surface area contributed by atoms with Crippen LogP contribution >= 0.6 is 27.7 Å². The molecule has 0 aliphatic carbocycles. The maximum Gasteiger partial charge on any atom is 0.242 e. The first kappa shape index (κ1) is 25.3. The average Bonchev–Trinajstić information content (AvgIpc) is 2.70. The Bertz CT molecular complexity index is 881. The van der Waals surface area contributed by atoms with Crippen LogP contribution in [0.15, 0.2) is 53.0 Å². The number of benzene rings is 2. The first-order valence-electron chi connectivity index (χ1n) is 10.2. The normalized spacial score (nSPS) is 12.2. The Morgan fingerprint density at radius 3 is 2.39 bits per heavy atom. The molecule has 2 aromatic carbocycles. The fourth-order valence-electron chi connectivity index (χ4n) is 2.95. The van der Waals surface area contributed by atoms with Gasteiger partial charge in [0.25, 0.3) is 0 Å². The molecule has 5 nitrogen and oxygen atoms in total. The molecule has 0 saturated carbocycles. The lowest BCUT2D eigenvalue weighted by atomic mass is 10.1. The SMILES string of the molecule is COc1ccc(CSCC(=O)N(Cc2cccc(Br)c2)C(C)C(=O)NC(C)(C)C)cc1. The van der Waals surface area contributed by atoms with Gasteiger partial charge in [0.1, 0.15) is 11.8 Å². The van der Waals surface area contributed by atoms with Gasteiger partial charge in [0.2, 0.25) is 11.8 Å². The van der Waals surface area contributed by atoms with Crippen molar-refractivity contribution in [1.82, 2.24) is 10.2 Å². The third kappa shape index (κ3) is 8.57. The smallest absolute Gasteiger partial charge is 0.242 e. The number of halogens is 1. The summed E-state index contributed by atoms with van der Waals surface area (Å²) >= 11 is 5.02. The molecule has 0 spiro atoms. The Morgan fingerprint density at radius 2 is 1.81 bits per heavy atom. The van der Waals surface area contributed by atoms with Crippen LogP contribution in [0, 0.1) is 0 Å². The maximum absolute atomic E-state index is 13.1. The molecule has 0 fully saturated rings. The van der Waals surface area contributed by atoms with Crippen LogP contribution in [0.5, 0.6) is 5.75 Å². The Morgan fingerprint density at radius 1 is 1.13 bits per heavy atom. The van der Waals surface area contributed by atoms with Crippen molar-refractivity contribution in [3.63, 3.8) is 0 Å². The van der Waals surface area contributed by atoms with E-state index in [0.29, 0.717) is 18.1 Å². The molecule has 168 valence electrons.